The van der Waals surface area contributed by atoms with Crippen molar-refractivity contribution in [2.45, 2.75) is 0 Å². The molecule has 172 valence electrons. The molecule has 3 heterocycles. The van der Waals surface area contributed by atoms with Crippen LogP contribution >= 0.6 is 11.3 Å². The van der Waals surface area contributed by atoms with Crippen molar-refractivity contribution < 1.29 is 0 Å². The Morgan fingerprint density at radius 3 is 2.16 bits per heavy atom. The molecular formula is C34H20N2S. The molecule has 2 nitrogen and oxygen atoms in total. The van der Waals surface area contributed by atoms with E-state index in [1.54, 1.807) is 0 Å². The van der Waals surface area contributed by atoms with Crippen LogP contribution < -0.4 is 0 Å². The smallest absolute Gasteiger partial charge is 0.0555 e. The number of fused-ring (bicyclic) bond motifs is 10. The molecule has 0 aliphatic carbocycles. The fraction of sp³-hybridized carbons (Fsp3) is 0. The van der Waals surface area contributed by atoms with Crippen LogP contribution in [0, 0.1) is 0 Å². The molecule has 9 aromatic rings. The highest BCUT2D eigenvalue weighted by molar-refractivity contribution is 7.26. The van der Waals surface area contributed by atoms with Crippen molar-refractivity contribution in [2.75, 3.05) is 0 Å². The second-order valence-corrected chi connectivity index (χ2v) is 11.0. The van der Waals surface area contributed by atoms with Gasteiger partial charge in [-0.15, -0.1) is 11.3 Å². The van der Waals surface area contributed by atoms with E-state index in [0.29, 0.717) is 0 Å². The van der Waals surface area contributed by atoms with Crippen LogP contribution in [0.2, 0.25) is 0 Å². The van der Waals surface area contributed by atoms with Crippen LogP contribution in [-0.2, 0) is 0 Å². The number of thiophene rings is 1. The normalized spacial score (nSPS) is 12.3. The molecule has 3 aromatic heterocycles. The van der Waals surface area contributed by atoms with Crippen molar-refractivity contribution >= 4 is 85.9 Å². The number of nitrogens with zero attached hydrogens (tertiary/aromatic N) is 1. The molecule has 37 heavy (non-hydrogen) atoms. The standard InChI is InChI=1S/C34H20N2S/c1-2-8-21-15-22(14-13-20(21)7-1)36-31-12-6-4-10-24(31)26-16-27-28-17-30-25(23-9-3-5-11-29(23)35-30)18-33(28)37-34(27)19-32(26)36/h1-19,35H. The Balaban J connectivity index is 1.39. The molecular weight excluding hydrogens is 468 g/mol. The third-order valence-electron chi connectivity index (χ3n) is 7.88. The summed E-state index contributed by atoms with van der Waals surface area (Å²) in [4.78, 5) is 3.63. The van der Waals surface area contributed by atoms with Gasteiger partial charge in [-0.25, -0.2) is 0 Å². The Morgan fingerprint density at radius 2 is 1.22 bits per heavy atom. The minimum Gasteiger partial charge on any atom is -0.354 e. The lowest BCUT2D eigenvalue weighted by Gasteiger charge is -2.09. The Kier molecular flexibility index (Phi) is 3.70. The van der Waals surface area contributed by atoms with Crippen LogP contribution in [0.3, 0.4) is 0 Å². The molecule has 0 amide bonds. The number of para-hydroxylation sites is 2. The van der Waals surface area contributed by atoms with E-state index in [1.165, 1.54) is 80.2 Å². The third kappa shape index (κ3) is 2.64. The maximum Gasteiger partial charge on any atom is 0.0555 e. The van der Waals surface area contributed by atoms with Crippen molar-refractivity contribution in [3.63, 3.8) is 0 Å². The number of hydrogen-bond acceptors (Lipinski definition) is 1. The van der Waals surface area contributed by atoms with Gasteiger partial charge in [-0.3, -0.25) is 0 Å². The van der Waals surface area contributed by atoms with Crippen LogP contribution in [0.1, 0.15) is 0 Å². The summed E-state index contributed by atoms with van der Waals surface area (Å²) in [6.45, 7) is 0. The number of aromatic nitrogens is 2. The van der Waals surface area contributed by atoms with Gasteiger partial charge in [-0.05, 0) is 59.3 Å². The number of rotatable bonds is 1. The summed E-state index contributed by atoms with van der Waals surface area (Å²) in [6, 6.07) is 42.3. The van der Waals surface area contributed by atoms with E-state index >= 15 is 0 Å². The molecule has 0 saturated heterocycles. The van der Waals surface area contributed by atoms with Crippen LogP contribution in [0.5, 0.6) is 0 Å². The summed E-state index contributed by atoms with van der Waals surface area (Å²) >= 11 is 1.89. The lowest BCUT2D eigenvalue weighted by Crippen LogP contribution is -1.93. The highest BCUT2D eigenvalue weighted by Gasteiger charge is 2.16. The first kappa shape index (κ1) is 19.6. The molecule has 0 aliphatic heterocycles. The topological polar surface area (TPSA) is 20.7 Å². The van der Waals surface area contributed by atoms with Crippen LogP contribution in [-0.4, -0.2) is 9.55 Å². The van der Waals surface area contributed by atoms with Gasteiger partial charge in [0.1, 0.15) is 0 Å². The zero-order valence-corrected chi connectivity index (χ0v) is 20.6. The van der Waals surface area contributed by atoms with E-state index in [0.717, 1.165) is 0 Å². The largest absolute Gasteiger partial charge is 0.354 e. The Bertz CT molecular complexity index is 2360. The molecule has 1 N–H and O–H groups in total. The zero-order chi connectivity index (χ0) is 24.1. The monoisotopic (exact) mass is 488 g/mol. The Labute approximate surface area is 216 Å². The molecule has 0 unspecified atom stereocenters. The number of aromatic amines is 1. The fourth-order valence-corrected chi connectivity index (χ4v) is 7.32. The molecule has 0 aliphatic rings. The summed E-state index contributed by atoms with van der Waals surface area (Å²) < 4.78 is 5.09. The van der Waals surface area contributed by atoms with Gasteiger partial charge in [-0.2, -0.15) is 0 Å². The highest BCUT2D eigenvalue weighted by Crippen LogP contribution is 2.42. The summed E-state index contributed by atoms with van der Waals surface area (Å²) in [7, 11) is 0. The van der Waals surface area contributed by atoms with Crippen molar-refractivity contribution in [1.82, 2.24) is 9.55 Å². The van der Waals surface area contributed by atoms with E-state index in [2.05, 4.69) is 125 Å². The second-order valence-electron chi connectivity index (χ2n) is 9.92. The SMILES string of the molecule is c1ccc2cc(-n3c4ccccc4c4cc5c(cc43)sc3cc4c(cc35)[nH]c3ccccc34)ccc2c1. The van der Waals surface area contributed by atoms with Crippen LogP contribution in [0.4, 0.5) is 0 Å². The minimum atomic E-state index is 1.19. The summed E-state index contributed by atoms with van der Waals surface area (Å²) in [5.74, 6) is 0. The molecule has 0 bridgehead atoms. The van der Waals surface area contributed by atoms with E-state index in [1.807, 2.05) is 11.3 Å². The summed E-state index contributed by atoms with van der Waals surface area (Å²) in [5, 5.41) is 10.4. The first-order valence-electron chi connectivity index (χ1n) is 12.6. The average molecular weight is 489 g/mol. The van der Waals surface area contributed by atoms with Gasteiger partial charge in [0, 0.05) is 58.4 Å². The molecule has 0 atom stereocenters. The van der Waals surface area contributed by atoms with Gasteiger partial charge in [-0.1, -0.05) is 66.7 Å². The molecule has 0 spiro atoms. The van der Waals surface area contributed by atoms with Crippen LogP contribution in [0.15, 0.2) is 115 Å². The summed E-state index contributed by atoms with van der Waals surface area (Å²) in [6.07, 6.45) is 0. The van der Waals surface area contributed by atoms with Gasteiger partial charge < -0.3 is 9.55 Å². The molecule has 3 heteroatoms. The summed E-state index contributed by atoms with van der Waals surface area (Å²) in [5.41, 5.74) is 6.09. The number of H-pyrrole nitrogens is 1. The number of hydrogen-bond donors (Lipinski definition) is 1. The lowest BCUT2D eigenvalue weighted by molar-refractivity contribution is 1.19. The van der Waals surface area contributed by atoms with Crippen molar-refractivity contribution in [1.29, 1.82) is 0 Å². The lowest BCUT2D eigenvalue weighted by atomic mass is 10.1. The predicted octanol–water partition coefficient (Wildman–Crippen LogP) is 9.94. The first-order chi connectivity index (χ1) is 18.3. The van der Waals surface area contributed by atoms with Gasteiger partial charge in [0.25, 0.3) is 0 Å². The first-order valence-corrected chi connectivity index (χ1v) is 13.4. The zero-order valence-electron chi connectivity index (χ0n) is 19.8. The van der Waals surface area contributed by atoms with Crippen LogP contribution in [0.25, 0.3) is 80.2 Å². The quantitative estimate of drug-likeness (QED) is 0.237. The molecule has 0 saturated carbocycles. The van der Waals surface area contributed by atoms with E-state index < -0.39 is 0 Å². The van der Waals surface area contributed by atoms with Crippen molar-refractivity contribution in [3.05, 3.63) is 115 Å². The average Bonchev–Trinajstić information content (AvgIpc) is 3.59. The van der Waals surface area contributed by atoms with E-state index in [4.69, 9.17) is 0 Å². The third-order valence-corrected chi connectivity index (χ3v) is 9.00. The van der Waals surface area contributed by atoms with Crippen molar-refractivity contribution in [2.24, 2.45) is 0 Å². The van der Waals surface area contributed by atoms with E-state index in [9.17, 15) is 0 Å². The highest BCUT2D eigenvalue weighted by atomic mass is 32.1. The van der Waals surface area contributed by atoms with Crippen molar-refractivity contribution in [3.8, 4) is 5.69 Å². The fourth-order valence-electron chi connectivity index (χ4n) is 6.18. The number of nitrogens with one attached hydrogen (secondary N) is 1. The van der Waals surface area contributed by atoms with E-state index in [-0.39, 0.29) is 0 Å². The Hall–Kier alpha value is -4.60. The van der Waals surface area contributed by atoms with Gasteiger partial charge in [0.15, 0.2) is 0 Å². The Morgan fingerprint density at radius 1 is 0.459 bits per heavy atom. The predicted molar refractivity (Wildman–Crippen MR) is 161 cm³/mol. The molecule has 6 aromatic carbocycles. The maximum atomic E-state index is 3.63. The molecule has 0 radical (unpaired) electrons. The van der Waals surface area contributed by atoms with Gasteiger partial charge >= 0.3 is 0 Å². The molecule has 0 fully saturated rings. The number of benzene rings is 6. The maximum absolute atomic E-state index is 3.63. The van der Waals surface area contributed by atoms with Gasteiger partial charge in [0.05, 0.1) is 11.0 Å². The van der Waals surface area contributed by atoms with Gasteiger partial charge in [0.2, 0.25) is 0 Å². The minimum absolute atomic E-state index is 1.19. The molecule has 9 rings (SSSR count). The second kappa shape index (κ2) is 7.00.